The van der Waals surface area contributed by atoms with Gasteiger partial charge >= 0.3 is 27.7 Å². The number of aliphatic hydroxyl groups excluding tert-OH is 2. The Balaban J connectivity index is 0. The fourth-order valence-corrected chi connectivity index (χ4v) is 1.74. The van der Waals surface area contributed by atoms with Crippen molar-refractivity contribution in [2.45, 2.75) is 32.4 Å². The van der Waals surface area contributed by atoms with Gasteiger partial charge in [-0.25, -0.2) is 0 Å². The average molecular weight is 437 g/mol. The Morgan fingerprint density at radius 1 is 1.26 bits per heavy atom. The first-order valence-corrected chi connectivity index (χ1v) is 9.39. The summed E-state index contributed by atoms with van der Waals surface area (Å²) in [5.41, 5.74) is 6.18. The van der Waals surface area contributed by atoms with Crippen molar-refractivity contribution in [3.8, 4) is 0 Å². The van der Waals surface area contributed by atoms with E-state index in [1.807, 2.05) is 24.5 Å². The van der Waals surface area contributed by atoms with E-state index in [2.05, 4.69) is 46.5 Å². The Morgan fingerprint density at radius 3 is 2.17 bits per heavy atom. The molecule has 23 heavy (non-hydrogen) atoms. The van der Waals surface area contributed by atoms with Crippen molar-refractivity contribution in [1.29, 1.82) is 0 Å². The monoisotopic (exact) mass is 436 g/mol. The molecule has 0 aliphatic carbocycles. The van der Waals surface area contributed by atoms with Crippen molar-refractivity contribution < 1.29 is 33.2 Å². The quantitative estimate of drug-likeness (QED) is 0.425. The van der Waals surface area contributed by atoms with Crippen molar-refractivity contribution in [3.05, 3.63) is 35.9 Å². The van der Waals surface area contributed by atoms with Crippen LogP contribution in [0.1, 0.15) is 31.9 Å². The van der Waals surface area contributed by atoms with Crippen LogP contribution in [-0.4, -0.2) is 53.7 Å². The number of nitrogens with two attached hydrogens (primary N) is 1. The molecule has 4 N–H and O–H groups in total. The van der Waals surface area contributed by atoms with Crippen molar-refractivity contribution in [2.24, 2.45) is 5.73 Å². The summed E-state index contributed by atoms with van der Waals surface area (Å²) in [5, 5.41) is 18.2. The summed E-state index contributed by atoms with van der Waals surface area (Å²) >= 11 is 2.22. The Bertz CT molecular complexity index is 368. The normalized spacial score (nSPS) is 12.4. The Labute approximate surface area is 154 Å². The number of hydrogen-bond donors (Lipinski definition) is 3. The molecule has 2 atom stereocenters. The Kier molecular flexibility index (Phi) is 19.5. The summed E-state index contributed by atoms with van der Waals surface area (Å²) in [5.74, 6) is 0. The minimum absolute atomic E-state index is 0.212. The topological polar surface area (TPSA) is 86.8 Å². The van der Waals surface area contributed by atoms with E-state index in [9.17, 15) is 9.90 Å². The SMILES string of the molecule is CCN(CC)CC[C-]=O.NC(CO)C(O)c1ccccc1.[Cl][Pd+]. The maximum absolute atomic E-state index is 9.79. The standard InChI is InChI=1S/C9H13NO2.C7H14NO.ClH.Pd/c10-8(6-11)9(12)7-4-2-1-3-5-7;1-3-8(4-2)6-5-7-9;;/h1-5,8-9,11-12H,6,10H2;3-6H2,1-2H3;1H;/q;-1;;+2/p-1. The van der Waals surface area contributed by atoms with E-state index in [0.717, 1.165) is 25.2 Å². The fourth-order valence-electron chi connectivity index (χ4n) is 1.74. The summed E-state index contributed by atoms with van der Waals surface area (Å²) in [7, 11) is 4.49. The molecule has 0 aromatic heterocycles. The molecule has 136 valence electrons. The van der Waals surface area contributed by atoms with Crippen LogP contribution in [0.25, 0.3) is 0 Å². The Morgan fingerprint density at radius 2 is 1.78 bits per heavy atom. The first-order valence-electron chi connectivity index (χ1n) is 7.39. The van der Waals surface area contributed by atoms with Crippen molar-refractivity contribution in [1.82, 2.24) is 4.90 Å². The molecule has 0 aliphatic rings. The second kappa shape index (κ2) is 18.0. The van der Waals surface area contributed by atoms with Gasteiger partial charge < -0.3 is 25.6 Å². The number of halogens is 1. The molecule has 7 heteroatoms. The van der Waals surface area contributed by atoms with Crippen LogP contribution < -0.4 is 5.73 Å². The zero-order valence-electron chi connectivity index (χ0n) is 13.6. The van der Waals surface area contributed by atoms with Crippen molar-refractivity contribution >= 4 is 15.8 Å². The molecule has 0 heterocycles. The summed E-state index contributed by atoms with van der Waals surface area (Å²) in [4.78, 5) is 12.0. The zero-order chi connectivity index (χ0) is 18.1. The second-order valence-corrected chi connectivity index (χ2v) is 4.62. The van der Waals surface area contributed by atoms with E-state index in [1.165, 1.54) is 0 Å². The molecule has 0 radical (unpaired) electrons. The average Bonchev–Trinajstić information content (AvgIpc) is 2.64. The molecule has 1 aromatic rings. The van der Waals surface area contributed by atoms with Gasteiger partial charge in [0.25, 0.3) is 0 Å². The minimum atomic E-state index is -0.781. The molecule has 0 spiro atoms. The molecule has 0 amide bonds. The van der Waals surface area contributed by atoms with Crippen LogP contribution in [0.3, 0.4) is 0 Å². The van der Waals surface area contributed by atoms with Crippen LogP contribution in [0.2, 0.25) is 0 Å². The van der Waals surface area contributed by atoms with Crippen molar-refractivity contribution in [2.75, 3.05) is 26.2 Å². The molecule has 2 unspecified atom stereocenters. The summed E-state index contributed by atoms with van der Waals surface area (Å²) in [6, 6.07) is 8.46. The van der Waals surface area contributed by atoms with Gasteiger partial charge in [0, 0.05) is 0 Å². The molecule has 0 saturated carbocycles. The number of nitrogens with zero attached hydrogens (tertiary/aromatic N) is 1. The molecule has 0 bridgehead atoms. The first-order chi connectivity index (χ1) is 11.1. The molecule has 0 fully saturated rings. The van der Waals surface area contributed by atoms with E-state index in [0.29, 0.717) is 6.42 Å². The summed E-state index contributed by atoms with van der Waals surface area (Å²) in [6.45, 7) is 6.88. The van der Waals surface area contributed by atoms with Crippen molar-refractivity contribution in [3.63, 3.8) is 0 Å². The Hall–Kier alpha value is -0.318. The van der Waals surface area contributed by atoms with Gasteiger partial charge in [-0.15, -0.1) is 6.42 Å². The number of aliphatic hydroxyl groups is 2. The molecule has 5 nitrogen and oxygen atoms in total. The van der Waals surface area contributed by atoms with Crippen LogP contribution in [0.15, 0.2) is 30.3 Å². The maximum atomic E-state index is 9.79. The molecular weight excluding hydrogens is 410 g/mol. The first kappa shape index (κ1) is 24.9. The van der Waals surface area contributed by atoms with Gasteiger partial charge in [-0.1, -0.05) is 44.2 Å². The fraction of sp³-hybridized carbons (Fsp3) is 0.562. The van der Waals surface area contributed by atoms with E-state index < -0.39 is 12.1 Å². The van der Waals surface area contributed by atoms with Crippen LogP contribution in [0, 0.1) is 0 Å². The van der Waals surface area contributed by atoms with Crippen LogP contribution in [0.4, 0.5) is 0 Å². The van der Waals surface area contributed by atoms with Gasteiger partial charge in [0.15, 0.2) is 0 Å². The summed E-state index contributed by atoms with van der Waals surface area (Å²) < 4.78 is 0. The number of hydrogen-bond acceptors (Lipinski definition) is 5. The van der Waals surface area contributed by atoms with Gasteiger partial charge in [-0.2, -0.15) is 0 Å². The third-order valence-corrected chi connectivity index (χ3v) is 3.18. The molecule has 0 saturated heterocycles. The van der Waals surface area contributed by atoms with Gasteiger partial charge in [0.1, 0.15) is 0 Å². The molecule has 1 rings (SSSR count). The zero-order valence-corrected chi connectivity index (χ0v) is 15.9. The predicted octanol–water partition coefficient (Wildman–Crippen LogP) is 1.55. The second-order valence-electron chi connectivity index (χ2n) is 4.62. The van der Waals surface area contributed by atoms with Gasteiger partial charge in [-0.05, 0) is 25.2 Å². The van der Waals surface area contributed by atoms with E-state index in [1.54, 1.807) is 12.1 Å². The molecular formula is C16H27ClN2O3Pd. The van der Waals surface area contributed by atoms with Crippen LogP contribution in [0.5, 0.6) is 0 Å². The molecule has 1 aromatic carbocycles. The van der Waals surface area contributed by atoms with Gasteiger partial charge in [-0.3, -0.25) is 6.29 Å². The van der Waals surface area contributed by atoms with E-state index in [-0.39, 0.29) is 6.61 Å². The summed E-state index contributed by atoms with van der Waals surface area (Å²) in [6.07, 6.45) is 1.64. The third-order valence-electron chi connectivity index (χ3n) is 3.18. The molecule has 0 aliphatic heterocycles. The van der Waals surface area contributed by atoms with Gasteiger partial charge in [0.05, 0.1) is 18.8 Å². The predicted molar refractivity (Wildman–Crippen MR) is 90.4 cm³/mol. The van der Waals surface area contributed by atoms with E-state index >= 15 is 0 Å². The third kappa shape index (κ3) is 12.7. The van der Waals surface area contributed by atoms with Gasteiger partial charge in [0.2, 0.25) is 0 Å². The van der Waals surface area contributed by atoms with Crippen LogP contribution >= 0.6 is 9.53 Å². The van der Waals surface area contributed by atoms with Crippen LogP contribution in [-0.2, 0) is 23.0 Å². The number of benzene rings is 1. The van der Waals surface area contributed by atoms with E-state index in [4.69, 9.17) is 10.8 Å². The number of rotatable bonds is 8. The number of carbonyl (C=O) groups excluding carboxylic acids is 1.